The molecule has 3 fully saturated rings. The minimum Gasteiger partial charge on any atom is -0.375 e. The Kier molecular flexibility index (Phi) is 5.95. The van der Waals surface area contributed by atoms with Crippen LogP contribution in [0.5, 0.6) is 0 Å². The lowest BCUT2D eigenvalue weighted by atomic mass is 9.69. The van der Waals surface area contributed by atoms with Crippen LogP contribution in [0.15, 0.2) is 36.9 Å². The first-order chi connectivity index (χ1) is 14.6. The van der Waals surface area contributed by atoms with Gasteiger partial charge in [-0.2, -0.15) is 0 Å². The Labute approximate surface area is 190 Å². The average molecular weight is 445 g/mol. The van der Waals surface area contributed by atoms with Crippen LogP contribution in [0.25, 0.3) is 0 Å². The molecule has 1 aromatic carbocycles. The smallest absolute Gasteiger partial charge is 0.245 e. The lowest BCUT2D eigenvalue weighted by molar-refractivity contribution is -0.160. The van der Waals surface area contributed by atoms with Gasteiger partial charge in [-0.1, -0.05) is 36.4 Å². The molecule has 5 nitrogen and oxygen atoms in total. The summed E-state index contributed by atoms with van der Waals surface area (Å²) < 4.78 is 6.10. The van der Waals surface area contributed by atoms with Gasteiger partial charge in [-0.3, -0.25) is 9.59 Å². The summed E-state index contributed by atoms with van der Waals surface area (Å²) in [6, 6.07) is 8.01. The number of rotatable bonds is 3. The van der Waals surface area contributed by atoms with E-state index >= 15 is 0 Å². The van der Waals surface area contributed by atoms with Gasteiger partial charge in [0.2, 0.25) is 11.8 Å². The van der Waals surface area contributed by atoms with Crippen molar-refractivity contribution in [1.82, 2.24) is 9.80 Å². The van der Waals surface area contributed by atoms with Crippen molar-refractivity contribution in [2.75, 3.05) is 26.2 Å². The first kappa shape index (κ1) is 22.3. The zero-order chi connectivity index (χ0) is 22.4. The van der Waals surface area contributed by atoms with Crippen LogP contribution in [0.4, 0.5) is 0 Å². The maximum atomic E-state index is 13.7. The van der Waals surface area contributed by atoms with Gasteiger partial charge in [0.05, 0.1) is 18.1 Å². The molecule has 0 bridgehead atoms. The van der Waals surface area contributed by atoms with Crippen molar-refractivity contribution >= 4 is 23.4 Å². The molecule has 0 unspecified atom stereocenters. The molecule has 1 aromatic rings. The predicted molar refractivity (Wildman–Crippen MR) is 122 cm³/mol. The monoisotopic (exact) mass is 444 g/mol. The highest BCUT2D eigenvalue weighted by molar-refractivity contribution is 6.31. The predicted octanol–water partition coefficient (Wildman–Crippen LogP) is 4.26. The molecule has 4 rings (SSSR count). The standard InChI is InChI=1S/C25H33ClN2O3/c1-5-22(29)27-15-25(16-27)10-11-28(17(2)12-25)23(30)20-14-31-24(3,4)13-19(20)18-8-6-7-9-21(18)26/h5-9,17,19-20H,1,10-16H2,2-4H3/t17-,19-,20-/m1/s1. The van der Waals surface area contributed by atoms with Crippen LogP contribution in [-0.2, 0) is 14.3 Å². The SMILES string of the molecule is C=CC(=O)N1CC2(CCN(C(=O)[C@@H]3COC(C)(C)C[C@@H]3c3ccccc3Cl)[C@H](C)C2)C1. The second kappa shape index (κ2) is 8.25. The molecular weight excluding hydrogens is 412 g/mol. The number of hydrogen-bond donors (Lipinski definition) is 0. The number of carbonyl (C=O) groups excluding carboxylic acids is 2. The molecule has 168 valence electrons. The minimum absolute atomic E-state index is 0.00124. The van der Waals surface area contributed by atoms with E-state index in [1.807, 2.05) is 34.1 Å². The number of amides is 2. The molecule has 0 saturated carbocycles. The Morgan fingerprint density at radius 3 is 2.58 bits per heavy atom. The van der Waals surface area contributed by atoms with Crippen molar-refractivity contribution < 1.29 is 14.3 Å². The summed E-state index contributed by atoms with van der Waals surface area (Å²) in [5.74, 6) is -0.0236. The van der Waals surface area contributed by atoms with Crippen LogP contribution in [0.3, 0.4) is 0 Å². The van der Waals surface area contributed by atoms with E-state index < -0.39 is 0 Å². The van der Waals surface area contributed by atoms with Crippen molar-refractivity contribution in [1.29, 1.82) is 0 Å². The summed E-state index contributed by atoms with van der Waals surface area (Å²) in [6.07, 6.45) is 4.00. The van der Waals surface area contributed by atoms with Crippen molar-refractivity contribution in [3.05, 3.63) is 47.5 Å². The van der Waals surface area contributed by atoms with E-state index in [-0.39, 0.29) is 40.7 Å². The van der Waals surface area contributed by atoms with Gasteiger partial charge >= 0.3 is 0 Å². The van der Waals surface area contributed by atoms with Crippen molar-refractivity contribution in [3.8, 4) is 0 Å². The topological polar surface area (TPSA) is 49.9 Å². The number of hydrogen-bond acceptors (Lipinski definition) is 3. The zero-order valence-corrected chi connectivity index (χ0v) is 19.5. The van der Waals surface area contributed by atoms with Gasteiger partial charge in [-0.05, 0) is 57.7 Å². The largest absolute Gasteiger partial charge is 0.375 e. The Bertz CT molecular complexity index is 877. The van der Waals surface area contributed by atoms with Crippen LogP contribution < -0.4 is 0 Å². The van der Waals surface area contributed by atoms with Crippen molar-refractivity contribution in [3.63, 3.8) is 0 Å². The van der Waals surface area contributed by atoms with E-state index in [0.29, 0.717) is 6.61 Å². The Hall–Kier alpha value is -1.85. The molecule has 0 aromatic heterocycles. The first-order valence-electron chi connectivity index (χ1n) is 11.2. The number of likely N-dealkylation sites (tertiary alicyclic amines) is 2. The summed E-state index contributed by atoms with van der Waals surface area (Å²) in [6.45, 7) is 12.6. The summed E-state index contributed by atoms with van der Waals surface area (Å²) in [4.78, 5) is 29.5. The fraction of sp³-hybridized carbons (Fsp3) is 0.600. The Morgan fingerprint density at radius 1 is 1.23 bits per heavy atom. The lowest BCUT2D eigenvalue weighted by Crippen LogP contribution is -2.64. The van der Waals surface area contributed by atoms with Crippen molar-refractivity contribution in [2.45, 2.75) is 57.6 Å². The normalized spacial score (nSPS) is 29.4. The number of piperidine rings is 1. The fourth-order valence-corrected chi connectivity index (χ4v) is 6.08. The third kappa shape index (κ3) is 4.27. The summed E-state index contributed by atoms with van der Waals surface area (Å²) in [5.41, 5.74) is 0.894. The fourth-order valence-electron chi connectivity index (χ4n) is 5.80. The number of ether oxygens (including phenoxy) is 1. The van der Waals surface area contributed by atoms with Gasteiger partial charge in [0, 0.05) is 42.0 Å². The molecule has 3 heterocycles. The Morgan fingerprint density at radius 2 is 1.94 bits per heavy atom. The van der Waals surface area contributed by atoms with Gasteiger partial charge in [-0.15, -0.1) is 0 Å². The molecule has 3 saturated heterocycles. The van der Waals surface area contributed by atoms with Gasteiger partial charge in [0.1, 0.15) is 0 Å². The third-order valence-corrected chi connectivity index (χ3v) is 7.78. The van der Waals surface area contributed by atoms with Gasteiger partial charge in [0.25, 0.3) is 0 Å². The molecule has 3 aliphatic rings. The average Bonchev–Trinajstić information content (AvgIpc) is 2.70. The molecule has 1 spiro atoms. The van der Waals surface area contributed by atoms with E-state index in [2.05, 4.69) is 27.4 Å². The Balaban J connectivity index is 1.49. The number of benzene rings is 1. The van der Waals surface area contributed by atoms with E-state index in [0.717, 1.165) is 49.5 Å². The van der Waals surface area contributed by atoms with E-state index in [1.54, 1.807) is 0 Å². The van der Waals surface area contributed by atoms with E-state index in [9.17, 15) is 9.59 Å². The van der Waals surface area contributed by atoms with Crippen LogP contribution in [0.2, 0.25) is 5.02 Å². The molecule has 0 aliphatic carbocycles. The number of halogens is 1. The molecule has 3 atom stereocenters. The van der Waals surface area contributed by atoms with Crippen LogP contribution in [-0.4, -0.2) is 59.5 Å². The van der Waals surface area contributed by atoms with Crippen LogP contribution >= 0.6 is 11.6 Å². The van der Waals surface area contributed by atoms with Crippen LogP contribution in [0, 0.1) is 11.3 Å². The highest BCUT2D eigenvalue weighted by Crippen LogP contribution is 2.46. The highest BCUT2D eigenvalue weighted by Gasteiger charge is 2.50. The number of nitrogens with zero attached hydrogens (tertiary/aromatic N) is 2. The van der Waals surface area contributed by atoms with E-state index in [1.165, 1.54) is 6.08 Å². The zero-order valence-electron chi connectivity index (χ0n) is 18.8. The summed E-state index contributed by atoms with van der Waals surface area (Å²) in [5, 5.41) is 0.718. The third-order valence-electron chi connectivity index (χ3n) is 7.44. The second-order valence-corrected chi connectivity index (χ2v) is 10.6. The molecule has 2 amide bonds. The summed E-state index contributed by atoms with van der Waals surface area (Å²) >= 11 is 6.55. The van der Waals surface area contributed by atoms with Gasteiger partial charge in [-0.25, -0.2) is 0 Å². The molecule has 6 heteroatoms. The van der Waals surface area contributed by atoms with Crippen molar-refractivity contribution in [2.24, 2.45) is 11.3 Å². The van der Waals surface area contributed by atoms with Crippen LogP contribution in [0.1, 0.15) is 51.5 Å². The van der Waals surface area contributed by atoms with Gasteiger partial charge < -0.3 is 14.5 Å². The van der Waals surface area contributed by atoms with E-state index in [4.69, 9.17) is 16.3 Å². The first-order valence-corrected chi connectivity index (χ1v) is 11.6. The molecule has 3 aliphatic heterocycles. The molecule has 0 N–H and O–H groups in total. The summed E-state index contributed by atoms with van der Waals surface area (Å²) in [7, 11) is 0. The maximum Gasteiger partial charge on any atom is 0.245 e. The molecule has 31 heavy (non-hydrogen) atoms. The minimum atomic E-state index is -0.286. The maximum absolute atomic E-state index is 13.7. The van der Waals surface area contributed by atoms with Gasteiger partial charge in [0.15, 0.2) is 0 Å². The number of carbonyl (C=O) groups is 2. The highest BCUT2D eigenvalue weighted by atomic mass is 35.5. The molecule has 0 radical (unpaired) electrons. The molecular formula is C25H33ClN2O3. The quantitative estimate of drug-likeness (QED) is 0.654. The second-order valence-electron chi connectivity index (χ2n) is 10.2. The lowest BCUT2D eigenvalue weighted by Gasteiger charge is -2.56.